The fourth-order valence-electron chi connectivity index (χ4n) is 2.28. The van der Waals surface area contributed by atoms with Crippen LogP contribution < -0.4 is 5.32 Å². The lowest BCUT2D eigenvalue weighted by molar-refractivity contribution is -0.158. The van der Waals surface area contributed by atoms with Gasteiger partial charge in [0.15, 0.2) is 0 Å². The SMILES string of the molecule is COC(=O)NC(C)C(=O)N1CCCC1(C)C(=O)OC. The smallest absolute Gasteiger partial charge is 0.407 e. The number of likely N-dealkylation sites (tertiary alicyclic amines) is 1. The minimum atomic E-state index is -0.960. The van der Waals surface area contributed by atoms with Gasteiger partial charge in [-0.25, -0.2) is 9.59 Å². The zero-order chi connectivity index (χ0) is 14.6. The Morgan fingerprint density at radius 3 is 2.42 bits per heavy atom. The Hall–Kier alpha value is -1.79. The highest BCUT2D eigenvalue weighted by Gasteiger charge is 2.47. The highest BCUT2D eigenvalue weighted by molar-refractivity contribution is 5.92. The van der Waals surface area contributed by atoms with E-state index in [1.54, 1.807) is 13.8 Å². The van der Waals surface area contributed by atoms with Crippen molar-refractivity contribution in [1.29, 1.82) is 0 Å². The summed E-state index contributed by atoms with van der Waals surface area (Å²) in [4.78, 5) is 36.7. The number of hydrogen-bond donors (Lipinski definition) is 1. The van der Waals surface area contributed by atoms with E-state index in [2.05, 4.69) is 10.1 Å². The minimum absolute atomic E-state index is 0.323. The summed E-state index contributed by atoms with van der Waals surface area (Å²) >= 11 is 0. The first-order chi connectivity index (χ1) is 8.86. The van der Waals surface area contributed by atoms with Crippen LogP contribution in [0.1, 0.15) is 26.7 Å². The van der Waals surface area contributed by atoms with Gasteiger partial charge in [-0.1, -0.05) is 0 Å². The van der Waals surface area contributed by atoms with Gasteiger partial charge >= 0.3 is 12.1 Å². The first-order valence-corrected chi connectivity index (χ1v) is 6.11. The number of carbonyl (C=O) groups is 3. The topological polar surface area (TPSA) is 84.9 Å². The van der Waals surface area contributed by atoms with Gasteiger partial charge in [0.25, 0.3) is 0 Å². The summed E-state index contributed by atoms with van der Waals surface area (Å²) in [6.45, 7) is 3.70. The molecule has 0 spiro atoms. The second-order valence-corrected chi connectivity index (χ2v) is 4.72. The van der Waals surface area contributed by atoms with Crippen LogP contribution >= 0.6 is 0 Å². The number of esters is 1. The molecule has 1 heterocycles. The molecular formula is C12H20N2O5. The molecule has 108 valence electrons. The van der Waals surface area contributed by atoms with E-state index in [0.29, 0.717) is 13.0 Å². The Morgan fingerprint density at radius 2 is 1.89 bits per heavy atom. The lowest BCUT2D eigenvalue weighted by Gasteiger charge is -2.34. The molecule has 0 aromatic rings. The van der Waals surface area contributed by atoms with Crippen LogP contribution in [0.4, 0.5) is 4.79 Å². The molecule has 0 aliphatic carbocycles. The summed E-state index contributed by atoms with van der Waals surface area (Å²) in [6, 6.07) is -0.755. The first kappa shape index (κ1) is 15.3. The number of carbonyl (C=O) groups excluding carboxylic acids is 3. The second kappa shape index (κ2) is 5.90. The molecule has 0 bridgehead atoms. The van der Waals surface area contributed by atoms with Crippen molar-refractivity contribution >= 4 is 18.0 Å². The van der Waals surface area contributed by atoms with Gasteiger partial charge in [0.05, 0.1) is 14.2 Å². The quantitative estimate of drug-likeness (QED) is 0.746. The highest BCUT2D eigenvalue weighted by Crippen LogP contribution is 2.30. The molecule has 1 rings (SSSR count). The largest absolute Gasteiger partial charge is 0.467 e. The molecule has 1 aliphatic heterocycles. The molecule has 2 unspecified atom stereocenters. The molecule has 0 saturated carbocycles. The molecule has 2 amide bonds. The van der Waals surface area contributed by atoms with Crippen molar-refractivity contribution in [2.45, 2.75) is 38.3 Å². The van der Waals surface area contributed by atoms with Crippen molar-refractivity contribution < 1.29 is 23.9 Å². The number of ether oxygens (including phenoxy) is 2. The van der Waals surface area contributed by atoms with E-state index in [-0.39, 0.29) is 5.91 Å². The van der Waals surface area contributed by atoms with E-state index in [9.17, 15) is 14.4 Å². The van der Waals surface area contributed by atoms with Gasteiger partial charge in [-0.3, -0.25) is 4.79 Å². The molecule has 7 nitrogen and oxygen atoms in total. The number of rotatable bonds is 3. The summed E-state index contributed by atoms with van der Waals surface area (Å²) in [5, 5.41) is 2.40. The molecular weight excluding hydrogens is 252 g/mol. The number of methoxy groups -OCH3 is 2. The summed E-state index contributed by atoms with van der Waals surface area (Å²) < 4.78 is 9.20. The maximum Gasteiger partial charge on any atom is 0.407 e. The molecule has 0 aromatic carbocycles. The Kier molecular flexibility index (Phi) is 4.74. The van der Waals surface area contributed by atoms with E-state index in [4.69, 9.17) is 4.74 Å². The lowest BCUT2D eigenvalue weighted by atomic mass is 9.98. The van der Waals surface area contributed by atoms with E-state index < -0.39 is 23.6 Å². The Morgan fingerprint density at radius 1 is 1.26 bits per heavy atom. The summed E-state index contributed by atoms with van der Waals surface area (Å²) in [7, 11) is 2.52. The number of alkyl carbamates (subject to hydrolysis) is 1. The predicted molar refractivity (Wildman–Crippen MR) is 66.4 cm³/mol. The first-order valence-electron chi connectivity index (χ1n) is 6.11. The van der Waals surface area contributed by atoms with Gasteiger partial charge in [-0.2, -0.15) is 0 Å². The number of amides is 2. The number of hydrogen-bond acceptors (Lipinski definition) is 5. The van der Waals surface area contributed by atoms with Gasteiger partial charge in [-0.15, -0.1) is 0 Å². The lowest BCUT2D eigenvalue weighted by Crippen LogP contribution is -2.56. The van der Waals surface area contributed by atoms with Crippen LogP contribution in [0.25, 0.3) is 0 Å². The molecule has 19 heavy (non-hydrogen) atoms. The van der Waals surface area contributed by atoms with Crippen LogP contribution in [-0.2, 0) is 19.1 Å². The third-order valence-electron chi connectivity index (χ3n) is 3.42. The van der Waals surface area contributed by atoms with Crippen molar-refractivity contribution in [1.82, 2.24) is 10.2 Å². The fourth-order valence-corrected chi connectivity index (χ4v) is 2.28. The van der Waals surface area contributed by atoms with Crippen LogP contribution in [0.3, 0.4) is 0 Å². The Balaban J connectivity index is 2.80. The van der Waals surface area contributed by atoms with Crippen LogP contribution in [0.2, 0.25) is 0 Å². The maximum atomic E-state index is 12.3. The molecule has 1 fully saturated rings. The average molecular weight is 272 g/mol. The van der Waals surface area contributed by atoms with Crippen molar-refractivity contribution in [2.75, 3.05) is 20.8 Å². The molecule has 7 heteroatoms. The Labute approximate surface area is 112 Å². The van der Waals surface area contributed by atoms with E-state index in [1.807, 2.05) is 0 Å². The van der Waals surface area contributed by atoms with Gasteiger partial charge in [0, 0.05) is 6.54 Å². The van der Waals surface area contributed by atoms with Crippen LogP contribution in [0.15, 0.2) is 0 Å². The predicted octanol–water partition coefficient (Wildman–Crippen LogP) is 0.285. The van der Waals surface area contributed by atoms with Crippen molar-refractivity contribution in [2.24, 2.45) is 0 Å². The molecule has 0 aromatic heterocycles. The standard InChI is InChI=1S/C12H20N2O5/c1-8(13-11(17)19-4)9(15)14-7-5-6-12(14,2)10(16)18-3/h8H,5-7H2,1-4H3,(H,13,17). The third kappa shape index (κ3) is 2.97. The van der Waals surface area contributed by atoms with Crippen LogP contribution in [0.5, 0.6) is 0 Å². The second-order valence-electron chi connectivity index (χ2n) is 4.72. The zero-order valence-corrected chi connectivity index (χ0v) is 11.7. The van der Waals surface area contributed by atoms with Crippen molar-refractivity contribution in [3.63, 3.8) is 0 Å². The monoisotopic (exact) mass is 272 g/mol. The van der Waals surface area contributed by atoms with Gasteiger partial charge in [0.2, 0.25) is 5.91 Å². The Bertz CT molecular complexity index is 384. The van der Waals surface area contributed by atoms with E-state index >= 15 is 0 Å². The fraction of sp³-hybridized carbons (Fsp3) is 0.750. The number of nitrogens with zero attached hydrogens (tertiary/aromatic N) is 1. The van der Waals surface area contributed by atoms with Gasteiger partial charge < -0.3 is 19.7 Å². The van der Waals surface area contributed by atoms with Crippen molar-refractivity contribution in [3.05, 3.63) is 0 Å². The third-order valence-corrected chi connectivity index (χ3v) is 3.42. The minimum Gasteiger partial charge on any atom is -0.467 e. The molecule has 1 N–H and O–H groups in total. The van der Waals surface area contributed by atoms with Crippen LogP contribution in [-0.4, -0.2) is 55.2 Å². The molecule has 1 saturated heterocycles. The zero-order valence-electron chi connectivity index (χ0n) is 11.7. The summed E-state index contributed by atoms with van der Waals surface area (Å²) in [5.41, 5.74) is -0.960. The van der Waals surface area contributed by atoms with Gasteiger partial charge in [-0.05, 0) is 26.7 Å². The van der Waals surface area contributed by atoms with E-state index in [0.717, 1.165) is 6.42 Å². The van der Waals surface area contributed by atoms with Gasteiger partial charge in [0.1, 0.15) is 11.6 Å². The molecule has 1 aliphatic rings. The van der Waals surface area contributed by atoms with Crippen molar-refractivity contribution in [3.8, 4) is 0 Å². The summed E-state index contributed by atoms with van der Waals surface area (Å²) in [6.07, 6.45) is 0.596. The maximum absolute atomic E-state index is 12.3. The van der Waals surface area contributed by atoms with Crippen LogP contribution in [0, 0.1) is 0 Å². The normalized spacial score (nSPS) is 23.7. The highest BCUT2D eigenvalue weighted by atomic mass is 16.5. The molecule has 2 atom stereocenters. The summed E-state index contributed by atoms with van der Waals surface area (Å²) in [5.74, 6) is -0.764. The average Bonchev–Trinajstić information content (AvgIpc) is 2.79. The number of nitrogens with one attached hydrogen (secondary N) is 1. The van der Waals surface area contributed by atoms with E-state index in [1.165, 1.54) is 19.1 Å². The molecule has 0 radical (unpaired) electrons.